The Kier molecular flexibility index (Phi) is 31.5. The van der Waals surface area contributed by atoms with Crippen molar-refractivity contribution in [3.05, 3.63) is 20.4 Å². The number of rotatable bonds is 41. The molecule has 0 aliphatic heterocycles. The SMILES string of the molecule is CCCCCCCCC(CCCCCCCC)OC(=O)CCCCCCCN(CCCCCCCC(=O)OCCC1CCC(CC)C1)CCCNc1c(NC)c(=O)c1=O. The van der Waals surface area contributed by atoms with Gasteiger partial charge in [-0.1, -0.05) is 143 Å². The lowest BCUT2D eigenvalue weighted by Crippen LogP contribution is -2.37. The Bertz CT molecular complexity index is 1250. The van der Waals surface area contributed by atoms with Gasteiger partial charge in [0.2, 0.25) is 0 Å². The number of hydrogen-bond acceptors (Lipinski definition) is 9. The van der Waals surface area contributed by atoms with Crippen molar-refractivity contribution in [1.29, 1.82) is 0 Å². The van der Waals surface area contributed by atoms with Gasteiger partial charge in [0.25, 0.3) is 10.9 Å². The molecule has 9 nitrogen and oxygen atoms in total. The number of unbranched alkanes of at least 4 members (excludes halogenated alkanes) is 18. The quantitative estimate of drug-likeness (QED) is 0.0378. The van der Waals surface area contributed by atoms with Crippen LogP contribution in [0.3, 0.4) is 0 Å². The lowest BCUT2D eigenvalue weighted by molar-refractivity contribution is -0.150. The zero-order chi connectivity index (χ0) is 42.8. The molecule has 0 saturated heterocycles. The van der Waals surface area contributed by atoms with E-state index in [0.717, 1.165) is 121 Å². The first-order valence-corrected chi connectivity index (χ1v) is 25.1. The highest BCUT2D eigenvalue weighted by atomic mass is 16.5. The molecule has 9 heteroatoms. The summed E-state index contributed by atoms with van der Waals surface area (Å²) >= 11 is 0. The van der Waals surface area contributed by atoms with Crippen LogP contribution in [0.4, 0.5) is 11.4 Å². The average Bonchev–Trinajstić information content (AvgIpc) is 3.70. The molecule has 1 fully saturated rings. The van der Waals surface area contributed by atoms with Crippen LogP contribution in [0.15, 0.2) is 9.59 Å². The largest absolute Gasteiger partial charge is 0.466 e. The van der Waals surface area contributed by atoms with Crippen molar-refractivity contribution in [1.82, 2.24) is 4.90 Å². The predicted octanol–water partition coefficient (Wildman–Crippen LogP) is 12.3. The highest BCUT2D eigenvalue weighted by molar-refractivity contribution is 5.73. The summed E-state index contributed by atoms with van der Waals surface area (Å²) in [5, 5.41) is 6.01. The normalized spacial score (nSPS) is 15.4. The van der Waals surface area contributed by atoms with E-state index in [1.807, 2.05) is 0 Å². The highest BCUT2D eigenvalue weighted by Crippen LogP contribution is 2.34. The van der Waals surface area contributed by atoms with E-state index in [4.69, 9.17) is 9.47 Å². The fourth-order valence-electron chi connectivity index (χ4n) is 8.96. The summed E-state index contributed by atoms with van der Waals surface area (Å²) in [6, 6.07) is 0. The number of hydrogen-bond donors (Lipinski definition) is 2. The van der Waals surface area contributed by atoms with E-state index < -0.39 is 10.9 Å². The maximum Gasteiger partial charge on any atom is 0.306 e. The van der Waals surface area contributed by atoms with Crippen LogP contribution in [0.2, 0.25) is 0 Å². The smallest absolute Gasteiger partial charge is 0.306 e. The Morgan fingerprint density at radius 3 is 1.66 bits per heavy atom. The zero-order valence-corrected chi connectivity index (χ0v) is 38.8. The fraction of sp³-hybridized carbons (Fsp3) is 0.880. The number of ether oxygens (including phenoxy) is 2. The fourth-order valence-corrected chi connectivity index (χ4v) is 8.96. The molecular formula is C50H91N3O6. The van der Waals surface area contributed by atoms with E-state index in [9.17, 15) is 19.2 Å². The monoisotopic (exact) mass is 830 g/mol. The molecule has 2 N–H and O–H groups in total. The summed E-state index contributed by atoms with van der Waals surface area (Å²) in [5.41, 5.74) is -0.0559. The second-order valence-electron chi connectivity index (χ2n) is 18.0. The number of nitrogens with one attached hydrogen (secondary N) is 2. The predicted molar refractivity (Wildman–Crippen MR) is 248 cm³/mol. The third-order valence-corrected chi connectivity index (χ3v) is 12.9. The molecule has 1 saturated carbocycles. The topological polar surface area (TPSA) is 114 Å². The van der Waals surface area contributed by atoms with Crippen LogP contribution in [0, 0.1) is 11.8 Å². The molecule has 2 atom stereocenters. The summed E-state index contributed by atoms with van der Waals surface area (Å²) in [6.45, 7) is 11.0. The Morgan fingerprint density at radius 1 is 0.610 bits per heavy atom. The van der Waals surface area contributed by atoms with Crippen LogP contribution < -0.4 is 21.5 Å². The van der Waals surface area contributed by atoms with Gasteiger partial charge in [-0.15, -0.1) is 0 Å². The lowest BCUT2D eigenvalue weighted by Gasteiger charge is -2.23. The Morgan fingerprint density at radius 2 is 1.10 bits per heavy atom. The van der Waals surface area contributed by atoms with E-state index in [1.54, 1.807) is 7.05 Å². The number of anilines is 2. The van der Waals surface area contributed by atoms with Crippen molar-refractivity contribution >= 4 is 23.3 Å². The van der Waals surface area contributed by atoms with Gasteiger partial charge in [-0.05, 0) is 102 Å². The molecule has 1 aromatic rings. The molecule has 0 amide bonds. The summed E-state index contributed by atoms with van der Waals surface area (Å²) in [7, 11) is 1.67. The van der Waals surface area contributed by atoms with Gasteiger partial charge in [0.1, 0.15) is 17.5 Å². The molecule has 0 radical (unpaired) electrons. The van der Waals surface area contributed by atoms with E-state index in [0.29, 0.717) is 37.4 Å². The van der Waals surface area contributed by atoms with Crippen LogP contribution in [-0.2, 0) is 19.1 Å². The third kappa shape index (κ3) is 25.2. The number of carbonyl (C=O) groups excluding carboxylic acids is 2. The van der Waals surface area contributed by atoms with Crippen molar-refractivity contribution in [2.24, 2.45) is 11.8 Å². The number of esters is 2. The Labute approximate surface area is 361 Å². The second kappa shape index (κ2) is 35.2. The molecule has 1 aliphatic rings. The van der Waals surface area contributed by atoms with Crippen LogP contribution in [0.25, 0.3) is 0 Å². The molecule has 0 aromatic heterocycles. The average molecular weight is 830 g/mol. The maximum absolute atomic E-state index is 12.9. The van der Waals surface area contributed by atoms with Gasteiger partial charge in [0.05, 0.1) is 6.61 Å². The zero-order valence-electron chi connectivity index (χ0n) is 38.8. The van der Waals surface area contributed by atoms with Crippen LogP contribution in [0.5, 0.6) is 0 Å². The van der Waals surface area contributed by atoms with Crippen LogP contribution >= 0.6 is 0 Å². The summed E-state index contributed by atoms with van der Waals surface area (Å²) < 4.78 is 11.6. The number of carbonyl (C=O) groups is 2. The summed E-state index contributed by atoms with van der Waals surface area (Å²) in [6.07, 6.45) is 36.3. The first-order chi connectivity index (χ1) is 28.8. The summed E-state index contributed by atoms with van der Waals surface area (Å²) in [4.78, 5) is 51.4. The molecule has 2 unspecified atom stereocenters. The summed E-state index contributed by atoms with van der Waals surface area (Å²) in [5.74, 6) is 1.58. The minimum Gasteiger partial charge on any atom is -0.466 e. The Balaban J connectivity index is 1.64. The first-order valence-electron chi connectivity index (χ1n) is 25.1. The lowest BCUT2D eigenvalue weighted by atomic mass is 10.0. The Hall–Kier alpha value is -2.42. The minimum atomic E-state index is -0.439. The van der Waals surface area contributed by atoms with E-state index in [1.165, 1.54) is 103 Å². The maximum atomic E-state index is 12.9. The molecular weight excluding hydrogens is 739 g/mol. The van der Waals surface area contributed by atoms with Crippen molar-refractivity contribution in [3.8, 4) is 0 Å². The van der Waals surface area contributed by atoms with E-state index in [-0.39, 0.29) is 18.0 Å². The number of nitrogens with zero attached hydrogens (tertiary/aromatic N) is 1. The molecule has 342 valence electrons. The van der Waals surface area contributed by atoms with Crippen molar-refractivity contribution in [3.63, 3.8) is 0 Å². The molecule has 0 heterocycles. The molecule has 0 spiro atoms. The first kappa shape index (κ1) is 52.7. The van der Waals surface area contributed by atoms with E-state index >= 15 is 0 Å². The molecule has 1 aromatic carbocycles. The van der Waals surface area contributed by atoms with E-state index in [2.05, 4.69) is 36.3 Å². The van der Waals surface area contributed by atoms with Gasteiger partial charge >= 0.3 is 11.9 Å². The molecule has 2 rings (SSSR count). The van der Waals surface area contributed by atoms with Gasteiger partial charge in [-0.2, -0.15) is 0 Å². The second-order valence-corrected chi connectivity index (χ2v) is 18.0. The van der Waals surface area contributed by atoms with Crippen LogP contribution in [-0.4, -0.2) is 62.8 Å². The molecule has 59 heavy (non-hydrogen) atoms. The molecule has 1 aliphatic carbocycles. The van der Waals surface area contributed by atoms with Gasteiger partial charge in [0.15, 0.2) is 0 Å². The molecule has 0 bridgehead atoms. The van der Waals surface area contributed by atoms with Crippen molar-refractivity contribution in [2.75, 3.05) is 50.5 Å². The van der Waals surface area contributed by atoms with Gasteiger partial charge in [-0.25, -0.2) is 0 Å². The minimum absolute atomic E-state index is 0.00289. The van der Waals surface area contributed by atoms with Gasteiger partial charge < -0.3 is 25.0 Å². The van der Waals surface area contributed by atoms with Crippen LogP contribution in [0.1, 0.15) is 226 Å². The van der Waals surface area contributed by atoms with Gasteiger partial charge in [-0.3, -0.25) is 19.2 Å². The van der Waals surface area contributed by atoms with Gasteiger partial charge in [0, 0.05) is 26.4 Å². The highest BCUT2D eigenvalue weighted by Gasteiger charge is 2.23. The third-order valence-electron chi connectivity index (χ3n) is 12.9. The van der Waals surface area contributed by atoms with Crippen molar-refractivity contribution in [2.45, 2.75) is 232 Å². The standard InChI is InChI=1S/C50H91N3O6/c1-5-8-10-12-16-22-29-44(30-23-17-13-11-9-6-2)59-46(55)32-25-19-15-21-27-38-53(39-28-36-52-48-47(51-4)49(56)50(48)57)37-26-20-14-18-24-31-45(54)58-40-35-43-34-33-42(7-3)41-43/h42-44,51-52H,5-41H2,1-4H3. The van der Waals surface area contributed by atoms with Crippen molar-refractivity contribution < 1.29 is 19.1 Å².